The van der Waals surface area contributed by atoms with Gasteiger partial charge in [-0.1, -0.05) is 256 Å². The molecule has 0 aliphatic rings. The molecule has 0 rings (SSSR count). The highest BCUT2D eigenvalue weighted by atomic mass is 31.2. The molecule has 3 atom stereocenters. The van der Waals surface area contributed by atoms with Crippen LogP contribution in [0.4, 0.5) is 0 Å². The molecule has 76 heavy (non-hydrogen) atoms. The van der Waals surface area contributed by atoms with Crippen LogP contribution in [0.25, 0.3) is 0 Å². The first-order chi connectivity index (χ1) is 36.9. The summed E-state index contributed by atoms with van der Waals surface area (Å²) in [6, 6.07) is -0.849. The maximum Gasteiger partial charge on any atom is 0.472 e. The number of unbranched alkanes of at least 4 members (excludes halogenated alkanes) is 37. The fraction of sp³-hybridized carbons (Fsp3) is 0.848. The Bertz CT molecular complexity index is 1440. The maximum atomic E-state index is 13.6. The van der Waals surface area contributed by atoms with E-state index in [1.165, 1.54) is 205 Å². The van der Waals surface area contributed by atoms with Crippen molar-refractivity contribution in [1.29, 1.82) is 0 Å². The minimum Gasteiger partial charge on any atom is -0.456 e. The molecule has 0 heterocycles. The molecule has 446 valence electrons. The van der Waals surface area contributed by atoms with E-state index in [0.717, 1.165) is 70.6 Å². The number of likely N-dealkylation sites (N-methyl/N-ethyl adjacent to an activating group) is 1. The van der Waals surface area contributed by atoms with Crippen LogP contribution in [-0.2, 0) is 27.9 Å². The Kier molecular flexibility index (Phi) is 54.7. The van der Waals surface area contributed by atoms with Gasteiger partial charge in [-0.25, -0.2) is 4.57 Å². The number of nitrogens with zero attached hydrogens (tertiary/aromatic N) is 1. The summed E-state index contributed by atoms with van der Waals surface area (Å²) in [7, 11) is 1.50. The summed E-state index contributed by atoms with van der Waals surface area (Å²) in [6.07, 6.45) is 69.6. The van der Waals surface area contributed by atoms with Gasteiger partial charge in [0.15, 0.2) is 0 Å². The van der Waals surface area contributed by atoms with Crippen molar-refractivity contribution in [3.8, 4) is 0 Å². The molecule has 2 N–H and O–H groups in total. The number of amides is 1. The van der Waals surface area contributed by atoms with Gasteiger partial charge in [-0.15, -0.1) is 0 Å². The van der Waals surface area contributed by atoms with Crippen LogP contribution in [0.5, 0.6) is 0 Å². The lowest BCUT2D eigenvalue weighted by molar-refractivity contribution is -0.870. The molecule has 0 aromatic carbocycles. The highest BCUT2D eigenvalue weighted by Crippen LogP contribution is 2.43. The van der Waals surface area contributed by atoms with Crippen molar-refractivity contribution in [3.63, 3.8) is 0 Å². The van der Waals surface area contributed by atoms with Crippen molar-refractivity contribution in [2.24, 2.45) is 0 Å². The fourth-order valence-electron chi connectivity index (χ4n) is 9.44. The van der Waals surface area contributed by atoms with Crippen LogP contribution in [0.3, 0.4) is 0 Å². The van der Waals surface area contributed by atoms with Gasteiger partial charge < -0.3 is 19.4 Å². The smallest absolute Gasteiger partial charge is 0.456 e. The Morgan fingerprint density at radius 3 is 1.24 bits per heavy atom. The van der Waals surface area contributed by atoms with E-state index in [1.54, 1.807) is 0 Å². The van der Waals surface area contributed by atoms with E-state index >= 15 is 0 Å². The Morgan fingerprint density at radius 2 is 0.803 bits per heavy atom. The van der Waals surface area contributed by atoms with Gasteiger partial charge in [0.25, 0.3) is 0 Å². The Morgan fingerprint density at radius 1 is 0.461 bits per heavy atom. The van der Waals surface area contributed by atoms with Crippen LogP contribution in [0.15, 0.2) is 48.6 Å². The number of hydrogen-bond acceptors (Lipinski definition) is 6. The first-order valence-corrected chi connectivity index (χ1v) is 34.0. The van der Waals surface area contributed by atoms with E-state index in [-0.39, 0.29) is 31.5 Å². The summed E-state index contributed by atoms with van der Waals surface area (Å²) < 4.78 is 30.7. The Balaban J connectivity index is 5.14. The standard InChI is InChI=1S/C66H125N2O7P/c1-7-10-13-16-19-22-25-28-30-31-32-33-34-35-36-37-39-40-43-46-49-52-55-58-65(69)67-63(62-74-76(71,72)73-61-60-68(4,5)6)64(57-54-51-48-45-42-27-24-21-18-15-12-9-3)75-66(70)59-56-53-50-47-44-41-38-29-26-23-20-17-14-11-8-2/h19,22-23,26,28,30,54,57,63-64H,7-18,20-21,24-25,27,29,31-53,55-56,58-62H2,1-6H3,(H-,67,69,71,72)/p+1/b22-19-,26-23-,30-28-,57-54-. The molecule has 0 aliphatic carbocycles. The largest absolute Gasteiger partial charge is 0.472 e. The van der Waals surface area contributed by atoms with E-state index in [2.05, 4.69) is 62.5 Å². The average molecular weight is 1090 g/mol. The highest BCUT2D eigenvalue weighted by molar-refractivity contribution is 7.47. The van der Waals surface area contributed by atoms with E-state index in [9.17, 15) is 19.0 Å². The molecule has 9 nitrogen and oxygen atoms in total. The third kappa shape index (κ3) is 56.7. The number of quaternary nitrogens is 1. The SMILES string of the molecule is CCCCC/C=C\C/C=C\CCCCCCCCCCCCCCCC(=O)NC(COP(=O)(O)OCC[N+](C)(C)C)C(/C=C\CCCCCCCCCCCC)OC(=O)CCCCCCCCC/C=C\CCCCCC. The summed E-state index contributed by atoms with van der Waals surface area (Å²) >= 11 is 0. The Labute approximate surface area is 471 Å². The number of allylic oxidation sites excluding steroid dienone is 7. The van der Waals surface area contributed by atoms with Gasteiger partial charge in [0.2, 0.25) is 5.91 Å². The Hall–Kier alpha value is -2.03. The van der Waals surface area contributed by atoms with Gasteiger partial charge in [0.05, 0.1) is 33.8 Å². The quantitative estimate of drug-likeness (QED) is 0.0205. The third-order valence-corrected chi connectivity index (χ3v) is 15.5. The van der Waals surface area contributed by atoms with Crippen molar-refractivity contribution in [2.75, 3.05) is 40.9 Å². The van der Waals surface area contributed by atoms with Crippen LogP contribution in [0, 0.1) is 0 Å². The monoisotopic (exact) mass is 1090 g/mol. The number of carbonyl (C=O) groups excluding carboxylic acids is 2. The van der Waals surface area contributed by atoms with Crippen molar-refractivity contribution >= 4 is 19.7 Å². The second-order valence-electron chi connectivity index (χ2n) is 23.3. The van der Waals surface area contributed by atoms with Crippen LogP contribution >= 0.6 is 7.82 Å². The second kappa shape index (κ2) is 56.3. The number of rotatable bonds is 59. The molecule has 0 spiro atoms. The van der Waals surface area contributed by atoms with Gasteiger partial charge in [0, 0.05) is 12.8 Å². The van der Waals surface area contributed by atoms with E-state index < -0.39 is 20.0 Å². The van der Waals surface area contributed by atoms with Crippen LogP contribution in [0.1, 0.15) is 310 Å². The predicted octanol–water partition coefficient (Wildman–Crippen LogP) is 20.1. The summed E-state index contributed by atoms with van der Waals surface area (Å²) in [5.41, 5.74) is 0. The lowest BCUT2D eigenvalue weighted by Crippen LogP contribution is -2.47. The molecule has 0 aromatic rings. The number of phosphoric acid groups is 1. The third-order valence-electron chi connectivity index (χ3n) is 14.5. The lowest BCUT2D eigenvalue weighted by Gasteiger charge is -2.27. The van der Waals surface area contributed by atoms with Crippen molar-refractivity contribution in [2.45, 2.75) is 322 Å². The molecule has 0 bridgehead atoms. The zero-order chi connectivity index (χ0) is 55.7. The molecule has 0 saturated carbocycles. The zero-order valence-electron chi connectivity index (χ0n) is 51.0. The predicted molar refractivity (Wildman–Crippen MR) is 328 cm³/mol. The topological polar surface area (TPSA) is 111 Å². The first-order valence-electron chi connectivity index (χ1n) is 32.5. The second-order valence-corrected chi connectivity index (χ2v) is 24.7. The van der Waals surface area contributed by atoms with Crippen molar-refractivity contribution in [1.82, 2.24) is 5.32 Å². The number of esters is 1. The average Bonchev–Trinajstić information content (AvgIpc) is 3.38. The molecule has 10 heteroatoms. The lowest BCUT2D eigenvalue weighted by atomic mass is 10.0. The number of ether oxygens (including phenoxy) is 1. The van der Waals surface area contributed by atoms with Crippen LogP contribution in [-0.4, -0.2) is 74.3 Å². The maximum absolute atomic E-state index is 13.6. The van der Waals surface area contributed by atoms with Gasteiger partial charge in [0.1, 0.15) is 19.3 Å². The number of phosphoric ester groups is 1. The van der Waals surface area contributed by atoms with E-state index in [0.29, 0.717) is 17.4 Å². The van der Waals surface area contributed by atoms with Crippen LogP contribution in [0.2, 0.25) is 0 Å². The van der Waals surface area contributed by atoms with Gasteiger partial charge in [-0.2, -0.15) is 0 Å². The number of nitrogens with one attached hydrogen (secondary N) is 1. The summed E-state index contributed by atoms with van der Waals surface area (Å²) in [5, 5.41) is 3.06. The summed E-state index contributed by atoms with van der Waals surface area (Å²) in [4.78, 5) is 37.7. The first kappa shape index (κ1) is 74.0. The molecular weight excluding hydrogens is 964 g/mol. The molecule has 0 aromatic heterocycles. The van der Waals surface area contributed by atoms with Gasteiger partial charge in [-0.3, -0.25) is 18.6 Å². The zero-order valence-corrected chi connectivity index (χ0v) is 51.9. The van der Waals surface area contributed by atoms with Gasteiger partial charge >= 0.3 is 13.8 Å². The molecule has 0 aliphatic heterocycles. The van der Waals surface area contributed by atoms with Gasteiger partial charge in [-0.05, 0) is 89.5 Å². The number of hydrogen-bond donors (Lipinski definition) is 2. The van der Waals surface area contributed by atoms with Crippen molar-refractivity contribution in [3.05, 3.63) is 48.6 Å². The molecule has 0 fully saturated rings. The molecular formula is C66H126N2O7P+. The number of carbonyl (C=O) groups is 2. The molecule has 0 saturated heterocycles. The van der Waals surface area contributed by atoms with E-state index in [1.807, 2.05) is 33.3 Å². The van der Waals surface area contributed by atoms with E-state index in [4.69, 9.17) is 13.8 Å². The molecule has 3 unspecified atom stereocenters. The molecule has 1 amide bonds. The highest BCUT2D eigenvalue weighted by Gasteiger charge is 2.30. The van der Waals surface area contributed by atoms with Crippen molar-refractivity contribution < 1.29 is 37.3 Å². The fourth-order valence-corrected chi connectivity index (χ4v) is 10.2. The van der Waals surface area contributed by atoms with Crippen LogP contribution < -0.4 is 5.32 Å². The minimum absolute atomic E-state index is 0.0403. The summed E-state index contributed by atoms with van der Waals surface area (Å²) in [5.74, 6) is -0.501. The minimum atomic E-state index is -4.45. The normalized spacial score (nSPS) is 13.9. The summed E-state index contributed by atoms with van der Waals surface area (Å²) in [6.45, 7) is 7.00. The molecule has 0 radical (unpaired) electrons.